The first kappa shape index (κ1) is 14.0. The maximum Gasteiger partial charge on any atom is 0.279 e. The molecule has 21 heavy (non-hydrogen) atoms. The van der Waals surface area contributed by atoms with Crippen molar-refractivity contribution >= 4 is 28.2 Å². The molecule has 0 N–H and O–H groups in total. The fraction of sp³-hybridized carbons (Fsp3) is 0.357. The third kappa shape index (κ3) is 2.41. The zero-order valence-electron chi connectivity index (χ0n) is 11.2. The maximum absolute atomic E-state index is 11.1. The minimum Gasteiger partial charge on any atom is -0.485 e. The molecule has 6 nitrogen and oxygen atoms in total. The van der Waals surface area contributed by atoms with Gasteiger partial charge >= 0.3 is 0 Å². The van der Waals surface area contributed by atoms with Crippen LogP contribution in [-0.2, 0) is 4.74 Å². The summed E-state index contributed by atoms with van der Waals surface area (Å²) in [6.45, 7) is 0. The highest BCUT2D eigenvalue weighted by Gasteiger charge is 2.42. The molecule has 3 rings (SSSR count). The largest absolute Gasteiger partial charge is 0.485 e. The molecule has 2 aromatic rings. The average molecular weight is 309 g/mol. The Hall–Kier alpha value is -1.92. The van der Waals surface area contributed by atoms with Crippen molar-refractivity contribution in [2.75, 3.05) is 7.11 Å². The van der Waals surface area contributed by atoms with E-state index < -0.39 is 4.92 Å². The normalized spacial score (nSPS) is 24.6. The summed E-state index contributed by atoms with van der Waals surface area (Å²) in [4.78, 5) is 14.8. The van der Waals surface area contributed by atoms with Gasteiger partial charge in [0.05, 0.1) is 15.7 Å². The summed E-state index contributed by atoms with van der Waals surface area (Å²) in [7, 11) is 1.59. The van der Waals surface area contributed by atoms with Crippen LogP contribution in [0.4, 0.5) is 5.69 Å². The van der Waals surface area contributed by atoms with E-state index in [0.717, 1.165) is 0 Å². The van der Waals surface area contributed by atoms with Crippen molar-refractivity contribution in [2.45, 2.75) is 24.0 Å². The van der Waals surface area contributed by atoms with Crippen LogP contribution in [0.3, 0.4) is 0 Å². The summed E-state index contributed by atoms with van der Waals surface area (Å²) in [6.07, 6.45) is 1.91. The quantitative estimate of drug-likeness (QED) is 0.493. The van der Waals surface area contributed by atoms with Crippen molar-refractivity contribution < 1.29 is 14.4 Å². The van der Waals surface area contributed by atoms with Gasteiger partial charge in [-0.2, -0.15) is 0 Å². The monoisotopic (exact) mass is 308 g/mol. The second-order valence-electron chi connectivity index (χ2n) is 4.85. The van der Waals surface area contributed by atoms with E-state index >= 15 is 0 Å². The molecule has 110 valence electrons. The van der Waals surface area contributed by atoms with Gasteiger partial charge in [-0.15, -0.1) is 11.6 Å². The number of hydrogen-bond donors (Lipinski definition) is 0. The molecule has 0 radical (unpaired) electrons. The van der Waals surface area contributed by atoms with E-state index in [1.807, 2.05) is 0 Å². The molecule has 0 saturated heterocycles. The number of non-ortho nitro benzene ring substituents is 1. The molecule has 1 aliphatic carbocycles. The first-order valence-corrected chi connectivity index (χ1v) is 6.91. The van der Waals surface area contributed by atoms with E-state index in [9.17, 15) is 10.1 Å². The topological polar surface area (TPSA) is 74.5 Å². The summed E-state index contributed by atoms with van der Waals surface area (Å²) in [5.74, 6) is 0.506. The van der Waals surface area contributed by atoms with E-state index in [-0.39, 0.29) is 23.3 Å². The summed E-state index contributed by atoms with van der Waals surface area (Å²) in [5, 5.41) is 11.4. The molecule has 0 aliphatic heterocycles. The van der Waals surface area contributed by atoms with Crippen molar-refractivity contribution in [2.24, 2.45) is 0 Å². The molecular weight excluding hydrogens is 296 g/mol. The fourth-order valence-electron chi connectivity index (χ4n) is 2.49. The molecule has 1 aliphatic rings. The zero-order valence-corrected chi connectivity index (χ0v) is 12.0. The van der Waals surface area contributed by atoms with Crippen LogP contribution in [0.2, 0.25) is 0 Å². The number of nitrogens with zero attached hydrogens (tertiary/aromatic N) is 2. The van der Waals surface area contributed by atoms with Crippen molar-refractivity contribution in [3.8, 4) is 5.75 Å². The summed E-state index contributed by atoms with van der Waals surface area (Å²) in [6, 6.07) is 6.32. The number of pyridine rings is 1. The summed E-state index contributed by atoms with van der Waals surface area (Å²) >= 11 is 6.05. The van der Waals surface area contributed by atoms with Crippen molar-refractivity contribution in [3.63, 3.8) is 0 Å². The minimum atomic E-state index is -0.427. The van der Waals surface area contributed by atoms with E-state index in [1.165, 1.54) is 6.07 Å². The first-order chi connectivity index (χ1) is 10.1. The van der Waals surface area contributed by atoms with E-state index in [1.54, 1.807) is 31.5 Å². The van der Waals surface area contributed by atoms with E-state index in [4.69, 9.17) is 21.1 Å². The molecule has 0 amide bonds. The molecule has 0 spiro atoms. The van der Waals surface area contributed by atoms with Gasteiger partial charge in [-0.25, -0.2) is 0 Å². The van der Waals surface area contributed by atoms with Gasteiger partial charge in [-0.05, 0) is 18.2 Å². The van der Waals surface area contributed by atoms with Crippen LogP contribution < -0.4 is 4.74 Å². The predicted molar refractivity (Wildman–Crippen MR) is 77.9 cm³/mol. The molecular formula is C14H13ClN2O4. The molecule has 3 atom stereocenters. The lowest BCUT2D eigenvalue weighted by atomic mass is 9.91. The number of benzene rings is 1. The number of alkyl halides is 1. The number of nitro benzene ring substituents is 1. The van der Waals surface area contributed by atoms with E-state index in [0.29, 0.717) is 23.1 Å². The Morgan fingerprint density at radius 2 is 2.24 bits per heavy atom. The van der Waals surface area contributed by atoms with Gasteiger partial charge in [0.15, 0.2) is 0 Å². The molecule has 0 bridgehead atoms. The Bertz CT molecular complexity index is 694. The molecule has 1 aromatic carbocycles. The second kappa shape index (κ2) is 5.46. The number of hydrogen-bond acceptors (Lipinski definition) is 5. The molecule has 1 fully saturated rings. The molecule has 1 heterocycles. The van der Waals surface area contributed by atoms with Gasteiger partial charge in [-0.1, -0.05) is 0 Å². The Balaban J connectivity index is 1.97. The highest BCUT2D eigenvalue weighted by atomic mass is 35.5. The number of methoxy groups -OCH3 is 1. The smallest absolute Gasteiger partial charge is 0.279 e. The van der Waals surface area contributed by atoms with Gasteiger partial charge in [0.1, 0.15) is 23.5 Å². The van der Waals surface area contributed by atoms with Crippen LogP contribution >= 0.6 is 11.6 Å². The summed E-state index contributed by atoms with van der Waals surface area (Å²) < 4.78 is 11.1. The number of ether oxygens (including phenoxy) is 2. The lowest BCUT2D eigenvalue weighted by molar-refractivity contribution is -0.383. The molecule has 1 saturated carbocycles. The van der Waals surface area contributed by atoms with Crippen molar-refractivity contribution in [1.82, 2.24) is 4.98 Å². The Morgan fingerprint density at radius 1 is 1.43 bits per heavy atom. The third-order valence-electron chi connectivity index (χ3n) is 3.64. The zero-order chi connectivity index (χ0) is 15.0. The van der Waals surface area contributed by atoms with Gasteiger partial charge in [-0.3, -0.25) is 15.1 Å². The number of halogens is 1. The average Bonchev–Trinajstić information content (AvgIpc) is 2.46. The lowest BCUT2D eigenvalue weighted by Crippen LogP contribution is -2.52. The van der Waals surface area contributed by atoms with E-state index in [2.05, 4.69) is 4.98 Å². The predicted octanol–water partition coefficient (Wildman–Crippen LogP) is 2.92. The highest BCUT2D eigenvalue weighted by molar-refractivity contribution is 6.21. The van der Waals surface area contributed by atoms with Crippen LogP contribution in [0.25, 0.3) is 10.9 Å². The Kier molecular flexibility index (Phi) is 3.65. The maximum atomic E-state index is 11.1. The van der Waals surface area contributed by atoms with Gasteiger partial charge in [0.2, 0.25) is 0 Å². The second-order valence-corrected chi connectivity index (χ2v) is 5.41. The summed E-state index contributed by atoms with van der Waals surface area (Å²) in [5.41, 5.74) is 0.483. The van der Waals surface area contributed by atoms with Gasteiger partial charge in [0.25, 0.3) is 5.69 Å². The number of fused-ring (bicyclic) bond motifs is 1. The molecule has 3 unspecified atom stereocenters. The molecule has 1 aromatic heterocycles. The third-order valence-corrected chi connectivity index (χ3v) is 4.06. The first-order valence-electron chi connectivity index (χ1n) is 6.47. The molecule has 7 heteroatoms. The van der Waals surface area contributed by atoms with Crippen LogP contribution in [0, 0.1) is 10.1 Å². The van der Waals surface area contributed by atoms with Crippen LogP contribution in [0.1, 0.15) is 6.42 Å². The van der Waals surface area contributed by atoms with Crippen LogP contribution in [0.15, 0.2) is 30.5 Å². The standard InChI is InChI=1S/C14H13ClN2O4/c1-20-14-9(15)7-12(14)21-11-5-4-10(17(18)19)8-3-2-6-16-13(8)11/h2-6,9,12,14H,7H2,1H3. The Labute approximate surface area is 125 Å². The number of rotatable bonds is 4. The van der Waals surface area contributed by atoms with Gasteiger partial charge in [0, 0.05) is 25.8 Å². The fourth-order valence-corrected chi connectivity index (χ4v) is 2.93. The van der Waals surface area contributed by atoms with Crippen LogP contribution in [0.5, 0.6) is 5.75 Å². The SMILES string of the molecule is COC1C(Cl)CC1Oc1ccc([N+](=O)[O-])c2cccnc12. The minimum absolute atomic E-state index is 0.0116. The van der Waals surface area contributed by atoms with Gasteiger partial charge < -0.3 is 9.47 Å². The number of aromatic nitrogens is 1. The van der Waals surface area contributed by atoms with Crippen molar-refractivity contribution in [1.29, 1.82) is 0 Å². The van der Waals surface area contributed by atoms with Crippen LogP contribution in [-0.4, -0.2) is 34.6 Å². The lowest BCUT2D eigenvalue weighted by Gasteiger charge is -2.39. The number of nitro groups is 1. The Morgan fingerprint density at radius 3 is 2.90 bits per heavy atom. The van der Waals surface area contributed by atoms with Crippen molar-refractivity contribution in [3.05, 3.63) is 40.6 Å². The highest BCUT2D eigenvalue weighted by Crippen LogP contribution is 2.36.